The SMILES string of the molecule is CC(C)C1CCNC1C(C)C. The summed E-state index contributed by atoms with van der Waals surface area (Å²) in [6.07, 6.45) is 1.38. The molecule has 1 aliphatic rings. The van der Waals surface area contributed by atoms with Gasteiger partial charge in [-0.1, -0.05) is 27.7 Å². The predicted molar refractivity (Wildman–Crippen MR) is 49.6 cm³/mol. The van der Waals surface area contributed by atoms with Crippen LogP contribution in [0, 0.1) is 17.8 Å². The van der Waals surface area contributed by atoms with E-state index in [1.165, 1.54) is 13.0 Å². The highest BCUT2D eigenvalue weighted by Gasteiger charge is 2.30. The van der Waals surface area contributed by atoms with Gasteiger partial charge >= 0.3 is 0 Å². The standard InChI is InChI=1S/C10H21N/c1-7(2)9-5-6-11-10(9)8(3)4/h7-11H,5-6H2,1-4H3. The van der Waals surface area contributed by atoms with E-state index >= 15 is 0 Å². The molecule has 1 nitrogen and oxygen atoms in total. The van der Waals surface area contributed by atoms with Crippen molar-refractivity contribution < 1.29 is 0 Å². The van der Waals surface area contributed by atoms with Crippen LogP contribution in [0.15, 0.2) is 0 Å². The van der Waals surface area contributed by atoms with Gasteiger partial charge in [-0.2, -0.15) is 0 Å². The van der Waals surface area contributed by atoms with Crippen LogP contribution in [0.3, 0.4) is 0 Å². The lowest BCUT2D eigenvalue weighted by Crippen LogP contribution is -2.34. The Morgan fingerprint density at radius 2 is 1.73 bits per heavy atom. The van der Waals surface area contributed by atoms with Crippen LogP contribution in [0.1, 0.15) is 34.1 Å². The van der Waals surface area contributed by atoms with Gasteiger partial charge in [0.1, 0.15) is 0 Å². The van der Waals surface area contributed by atoms with Gasteiger partial charge in [-0.05, 0) is 30.7 Å². The van der Waals surface area contributed by atoms with Crippen molar-refractivity contribution in [3.8, 4) is 0 Å². The highest BCUT2D eigenvalue weighted by atomic mass is 15.0. The van der Waals surface area contributed by atoms with E-state index in [9.17, 15) is 0 Å². The molecular formula is C10H21N. The van der Waals surface area contributed by atoms with Gasteiger partial charge < -0.3 is 5.32 Å². The lowest BCUT2D eigenvalue weighted by atomic mass is 9.84. The largest absolute Gasteiger partial charge is 0.313 e. The van der Waals surface area contributed by atoms with Crippen LogP contribution in [-0.2, 0) is 0 Å². The number of hydrogen-bond donors (Lipinski definition) is 1. The fourth-order valence-electron chi connectivity index (χ4n) is 2.23. The van der Waals surface area contributed by atoms with E-state index in [0.717, 1.165) is 23.8 Å². The summed E-state index contributed by atoms with van der Waals surface area (Å²) in [7, 11) is 0. The Kier molecular flexibility index (Phi) is 2.94. The summed E-state index contributed by atoms with van der Waals surface area (Å²) in [5.74, 6) is 2.55. The quantitative estimate of drug-likeness (QED) is 0.645. The molecule has 1 aliphatic heterocycles. The molecule has 0 bridgehead atoms. The van der Waals surface area contributed by atoms with Crippen LogP contribution in [0.2, 0.25) is 0 Å². The monoisotopic (exact) mass is 155 g/mol. The van der Waals surface area contributed by atoms with Crippen LogP contribution in [0.25, 0.3) is 0 Å². The lowest BCUT2D eigenvalue weighted by Gasteiger charge is -2.25. The van der Waals surface area contributed by atoms with Crippen LogP contribution in [0.5, 0.6) is 0 Å². The second kappa shape index (κ2) is 3.57. The Bertz CT molecular complexity index is 104. The van der Waals surface area contributed by atoms with Crippen molar-refractivity contribution in [2.24, 2.45) is 17.8 Å². The zero-order valence-corrected chi connectivity index (χ0v) is 8.22. The maximum Gasteiger partial charge on any atom is 0.0121 e. The second-order valence-electron chi connectivity index (χ2n) is 4.42. The summed E-state index contributed by atoms with van der Waals surface area (Å²) in [4.78, 5) is 0. The molecule has 0 aliphatic carbocycles. The molecule has 1 N–H and O–H groups in total. The summed E-state index contributed by atoms with van der Waals surface area (Å²) in [6, 6.07) is 0.773. The Morgan fingerprint density at radius 3 is 2.09 bits per heavy atom. The van der Waals surface area contributed by atoms with Gasteiger partial charge in [0.15, 0.2) is 0 Å². The van der Waals surface area contributed by atoms with Crippen LogP contribution in [-0.4, -0.2) is 12.6 Å². The molecule has 0 spiro atoms. The highest BCUT2D eigenvalue weighted by Crippen LogP contribution is 2.27. The highest BCUT2D eigenvalue weighted by molar-refractivity contribution is 4.87. The van der Waals surface area contributed by atoms with Crippen molar-refractivity contribution in [1.29, 1.82) is 0 Å². The van der Waals surface area contributed by atoms with Crippen LogP contribution >= 0.6 is 0 Å². The van der Waals surface area contributed by atoms with Gasteiger partial charge in [-0.25, -0.2) is 0 Å². The molecule has 1 heterocycles. The van der Waals surface area contributed by atoms with Crippen molar-refractivity contribution in [1.82, 2.24) is 5.32 Å². The van der Waals surface area contributed by atoms with E-state index in [-0.39, 0.29) is 0 Å². The van der Waals surface area contributed by atoms with E-state index in [1.807, 2.05) is 0 Å². The molecule has 1 fully saturated rings. The van der Waals surface area contributed by atoms with E-state index in [2.05, 4.69) is 33.0 Å². The lowest BCUT2D eigenvalue weighted by molar-refractivity contribution is 0.285. The summed E-state index contributed by atoms with van der Waals surface area (Å²) in [5, 5.41) is 3.59. The molecule has 0 radical (unpaired) electrons. The average molecular weight is 155 g/mol. The zero-order chi connectivity index (χ0) is 8.43. The van der Waals surface area contributed by atoms with Crippen molar-refractivity contribution in [2.75, 3.05) is 6.54 Å². The molecule has 2 unspecified atom stereocenters. The minimum atomic E-state index is 0.773. The first-order valence-electron chi connectivity index (χ1n) is 4.86. The maximum atomic E-state index is 3.59. The van der Waals surface area contributed by atoms with Gasteiger partial charge in [-0.3, -0.25) is 0 Å². The fraction of sp³-hybridized carbons (Fsp3) is 1.00. The van der Waals surface area contributed by atoms with E-state index in [0.29, 0.717) is 0 Å². The third-order valence-corrected chi connectivity index (χ3v) is 2.89. The molecule has 1 saturated heterocycles. The Labute approximate surface area is 70.6 Å². The number of rotatable bonds is 2. The number of hydrogen-bond acceptors (Lipinski definition) is 1. The topological polar surface area (TPSA) is 12.0 Å². The fourth-order valence-corrected chi connectivity index (χ4v) is 2.23. The molecule has 1 rings (SSSR count). The Hall–Kier alpha value is -0.0400. The average Bonchev–Trinajstić information content (AvgIpc) is 2.32. The molecular weight excluding hydrogens is 134 g/mol. The second-order valence-corrected chi connectivity index (χ2v) is 4.42. The van der Waals surface area contributed by atoms with Crippen molar-refractivity contribution >= 4 is 0 Å². The van der Waals surface area contributed by atoms with E-state index < -0.39 is 0 Å². The maximum absolute atomic E-state index is 3.59. The third-order valence-electron chi connectivity index (χ3n) is 2.89. The zero-order valence-electron chi connectivity index (χ0n) is 8.22. The van der Waals surface area contributed by atoms with Crippen LogP contribution in [0.4, 0.5) is 0 Å². The van der Waals surface area contributed by atoms with Gasteiger partial charge in [0, 0.05) is 6.04 Å². The summed E-state index contributed by atoms with van der Waals surface area (Å²) < 4.78 is 0. The molecule has 0 amide bonds. The third kappa shape index (κ3) is 1.96. The van der Waals surface area contributed by atoms with Crippen molar-refractivity contribution in [3.63, 3.8) is 0 Å². The summed E-state index contributed by atoms with van der Waals surface area (Å²) in [6.45, 7) is 10.5. The first kappa shape index (κ1) is 9.05. The van der Waals surface area contributed by atoms with Gasteiger partial charge in [0.25, 0.3) is 0 Å². The van der Waals surface area contributed by atoms with Crippen molar-refractivity contribution in [2.45, 2.75) is 40.2 Å². The molecule has 0 aromatic rings. The number of nitrogens with one attached hydrogen (secondary N) is 1. The smallest absolute Gasteiger partial charge is 0.0121 e. The van der Waals surface area contributed by atoms with Gasteiger partial charge in [0.05, 0.1) is 0 Å². The molecule has 1 heteroatoms. The molecule has 0 aromatic carbocycles. The Morgan fingerprint density at radius 1 is 1.09 bits per heavy atom. The first-order valence-corrected chi connectivity index (χ1v) is 4.86. The van der Waals surface area contributed by atoms with Crippen molar-refractivity contribution in [3.05, 3.63) is 0 Å². The minimum Gasteiger partial charge on any atom is -0.313 e. The van der Waals surface area contributed by atoms with E-state index in [1.54, 1.807) is 0 Å². The van der Waals surface area contributed by atoms with Gasteiger partial charge in [0.2, 0.25) is 0 Å². The van der Waals surface area contributed by atoms with Gasteiger partial charge in [-0.15, -0.1) is 0 Å². The summed E-state index contributed by atoms with van der Waals surface area (Å²) >= 11 is 0. The van der Waals surface area contributed by atoms with E-state index in [4.69, 9.17) is 0 Å². The molecule has 2 atom stereocenters. The predicted octanol–water partition coefficient (Wildman–Crippen LogP) is 2.28. The first-order chi connectivity index (χ1) is 5.13. The molecule has 11 heavy (non-hydrogen) atoms. The normalized spacial score (nSPS) is 32.2. The summed E-state index contributed by atoms with van der Waals surface area (Å²) in [5.41, 5.74) is 0. The molecule has 0 aromatic heterocycles. The molecule has 66 valence electrons. The Balaban J connectivity index is 2.51. The minimum absolute atomic E-state index is 0.773. The van der Waals surface area contributed by atoms with Crippen LogP contribution < -0.4 is 5.32 Å². The molecule has 0 saturated carbocycles.